The van der Waals surface area contributed by atoms with Crippen molar-refractivity contribution in [3.63, 3.8) is 0 Å². The zero-order valence-electron chi connectivity index (χ0n) is 9.14. The Labute approximate surface area is 93.6 Å². The van der Waals surface area contributed by atoms with Crippen LogP contribution in [0.4, 0.5) is 0 Å². The van der Waals surface area contributed by atoms with Crippen LogP contribution >= 0.6 is 0 Å². The van der Waals surface area contributed by atoms with E-state index < -0.39 is 0 Å². The number of benzene rings is 1. The van der Waals surface area contributed by atoms with E-state index in [0.717, 1.165) is 5.69 Å². The summed E-state index contributed by atoms with van der Waals surface area (Å²) in [6.45, 7) is 1.85. The Balaban J connectivity index is 2.56. The monoisotopic (exact) mass is 216 g/mol. The molecule has 1 N–H and O–H groups in total. The Morgan fingerprint density at radius 3 is 2.62 bits per heavy atom. The van der Waals surface area contributed by atoms with Crippen LogP contribution in [0.5, 0.6) is 11.8 Å². The van der Waals surface area contributed by atoms with E-state index in [9.17, 15) is 5.11 Å². The Bertz CT molecular complexity index is 512. The first-order chi connectivity index (χ1) is 7.70. The molecule has 1 aromatic heterocycles. The number of aromatic nitrogens is 2. The zero-order valence-corrected chi connectivity index (χ0v) is 9.14. The molecule has 2 aromatic rings. The summed E-state index contributed by atoms with van der Waals surface area (Å²) in [5, 5.41) is 9.72. The topological polar surface area (TPSA) is 55.2 Å². The van der Waals surface area contributed by atoms with E-state index in [1.54, 1.807) is 24.3 Å². The molecule has 16 heavy (non-hydrogen) atoms. The van der Waals surface area contributed by atoms with Crippen molar-refractivity contribution in [1.82, 2.24) is 9.97 Å². The maximum atomic E-state index is 9.72. The predicted molar refractivity (Wildman–Crippen MR) is 60.4 cm³/mol. The van der Waals surface area contributed by atoms with Crippen molar-refractivity contribution in [2.45, 2.75) is 6.92 Å². The largest absolute Gasteiger partial charge is 0.507 e. The SMILES string of the molecule is COc1nc(C)cc(-c2ccccc2O)n1. The van der Waals surface area contributed by atoms with Gasteiger partial charge in [0.25, 0.3) is 0 Å². The molecular weight excluding hydrogens is 204 g/mol. The molecule has 4 nitrogen and oxygen atoms in total. The van der Waals surface area contributed by atoms with Gasteiger partial charge in [0.15, 0.2) is 0 Å². The second-order valence-electron chi connectivity index (χ2n) is 3.40. The number of ether oxygens (including phenoxy) is 1. The summed E-state index contributed by atoms with van der Waals surface area (Å²) in [6, 6.07) is 9.15. The van der Waals surface area contributed by atoms with E-state index in [1.165, 1.54) is 7.11 Å². The minimum atomic E-state index is 0.197. The highest BCUT2D eigenvalue weighted by molar-refractivity contribution is 5.66. The van der Waals surface area contributed by atoms with Crippen LogP contribution in [0.2, 0.25) is 0 Å². The first-order valence-electron chi connectivity index (χ1n) is 4.89. The van der Waals surface area contributed by atoms with Gasteiger partial charge < -0.3 is 9.84 Å². The molecule has 2 rings (SSSR count). The maximum absolute atomic E-state index is 9.72. The average Bonchev–Trinajstić information content (AvgIpc) is 2.28. The van der Waals surface area contributed by atoms with Crippen molar-refractivity contribution in [3.05, 3.63) is 36.0 Å². The van der Waals surface area contributed by atoms with E-state index in [2.05, 4.69) is 9.97 Å². The van der Waals surface area contributed by atoms with Crippen molar-refractivity contribution in [3.8, 4) is 23.0 Å². The Morgan fingerprint density at radius 2 is 1.94 bits per heavy atom. The van der Waals surface area contributed by atoms with E-state index in [1.807, 2.05) is 13.0 Å². The van der Waals surface area contributed by atoms with Crippen LogP contribution in [0.25, 0.3) is 11.3 Å². The summed E-state index contributed by atoms with van der Waals surface area (Å²) in [7, 11) is 1.52. The molecule has 0 aliphatic carbocycles. The van der Waals surface area contributed by atoms with Crippen LogP contribution in [-0.2, 0) is 0 Å². The summed E-state index contributed by atoms with van der Waals surface area (Å²) >= 11 is 0. The van der Waals surface area contributed by atoms with E-state index in [4.69, 9.17) is 4.74 Å². The number of phenolic OH excluding ortho intramolecular Hbond substituents is 1. The average molecular weight is 216 g/mol. The highest BCUT2D eigenvalue weighted by Gasteiger charge is 2.07. The lowest BCUT2D eigenvalue weighted by atomic mass is 10.1. The molecule has 4 heteroatoms. The van der Waals surface area contributed by atoms with Crippen LogP contribution in [0.15, 0.2) is 30.3 Å². The molecule has 0 radical (unpaired) electrons. The van der Waals surface area contributed by atoms with Crippen LogP contribution in [-0.4, -0.2) is 22.2 Å². The van der Waals surface area contributed by atoms with Gasteiger partial charge in [-0.1, -0.05) is 12.1 Å². The molecule has 0 fully saturated rings. The Kier molecular flexibility index (Phi) is 2.72. The molecule has 0 bridgehead atoms. The number of nitrogens with zero attached hydrogens (tertiary/aromatic N) is 2. The summed E-state index contributed by atoms with van der Waals surface area (Å²) in [5.74, 6) is 0.197. The summed E-state index contributed by atoms with van der Waals surface area (Å²) < 4.78 is 4.99. The quantitative estimate of drug-likeness (QED) is 0.835. The third-order valence-corrected chi connectivity index (χ3v) is 2.20. The number of para-hydroxylation sites is 1. The molecule has 0 saturated heterocycles. The number of aryl methyl sites for hydroxylation is 1. The number of phenols is 1. The zero-order chi connectivity index (χ0) is 11.5. The number of hydrogen-bond donors (Lipinski definition) is 1. The third-order valence-electron chi connectivity index (χ3n) is 2.20. The molecule has 0 aliphatic rings. The van der Waals surface area contributed by atoms with Gasteiger partial charge in [-0.3, -0.25) is 0 Å². The number of hydrogen-bond acceptors (Lipinski definition) is 4. The minimum Gasteiger partial charge on any atom is -0.507 e. The van der Waals surface area contributed by atoms with Crippen LogP contribution in [0.1, 0.15) is 5.69 Å². The van der Waals surface area contributed by atoms with Gasteiger partial charge in [-0.15, -0.1) is 0 Å². The van der Waals surface area contributed by atoms with Gasteiger partial charge in [0.05, 0.1) is 12.8 Å². The molecule has 1 aromatic carbocycles. The van der Waals surface area contributed by atoms with Crippen molar-refractivity contribution < 1.29 is 9.84 Å². The second kappa shape index (κ2) is 4.18. The molecule has 0 unspecified atom stereocenters. The van der Waals surface area contributed by atoms with Gasteiger partial charge in [0.2, 0.25) is 0 Å². The fourth-order valence-corrected chi connectivity index (χ4v) is 1.46. The van der Waals surface area contributed by atoms with Gasteiger partial charge in [0.1, 0.15) is 5.75 Å². The fourth-order valence-electron chi connectivity index (χ4n) is 1.46. The van der Waals surface area contributed by atoms with Gasteiger partial charge in [-0.25, -0.2) is 4.98 Å². The second-order valence-corrected chi connectivity index (χ2v) is 3.40. The Hall–Kier alpha value is -2.10. The van der Waals surface area contributed by atoms with E-state index in [-0.39, 0.29) is 5.75 Å². The van der Waals surface area contributed by atoms with Crippen molar-refractivity contribution in [2.24, 2.45) is 0 Å². The number of aromatic hydroxyl groups is 1. The lowest BCUT2D eigenvalue weighted by molar-refractivity contribution is 0.379. The molecular formula is C12H12N2O2. The van der Waals surface area contributed by atoms with Crippen LogP contribution in [0.3, 0.4) is 0 Å². The fraction of sp³-hybridized carbons (Fsp3) is 0.167. The standard InChI is InChI=1S/C12H12N2O2/c1-8-7-10(14-12(13-8)16-2)9-5-3-4-6-11(9)15/h3-7,15H,1-2H3. The first kappa shape index (κ1) is 10.4. The summed E-state index contributed by atoms with van der Waals surface area (Å²) in [6.07, 6.45) is 0. The van der Waals surface area contributed by atoms with Gasteiger partial charge in [0, 0.05) is 11.3 Å². The molecule has 0 amide bonds. The maximum Gasteiger partial charge on any atom is 0.316 e. The van der Waals surface area contributed by atoms with E-state index >= 15 is 0 Å². The minimum absolute atomic E-state index is 0.197. The molecule has 0 aliphatic heterocycles. The van der Waals surface area contributed by atoms with Crippen molar-refractivity contribution in [2.75, 3.05) is 7.11 Å². The van der Waals surface area contributed by atoms with Gasteiger partial charge in [-0.2, -0.15) is 4.98 Å². The van der Waals surface area contributed by atoms with Gasteiger partial charge in [-0.05, 0) is 25.1 Å². The molecule has 82 valence electrons. The molecule has 1 heterocycles. The van der Waals surface area contributed by atoms with E-state index in [0.29, 0.717) is 17.3 Å². The number of methoxy groups -OCH3 is 1. The normalized spacial score (nSPS) is 10.1. The van der Waals surface area contributed by atoms with Crippen LogP contribution in [0, 0.1) is 6.92 Å². The highest BCUT2D eigenvalue weighted by atomic mass is 16.5. The third kappa shape index (κ3) is 1.95. The Morgan fingerprint density at radius 1 is 1.19 bits per heavy atom. The lowest BCUT2D eigenvalue weighted by Crippen LogP contribution is -1.96. The van der Waals surface area contributed by atoms with Crippen LogP contribution < -0.4 is 4.74 Å². The van der Waals surface area contributed by atoms with Crippen molar-refractivity contribution >= 4 is 0 Å². The predicted octanol–water partition coefficient (Wildman–Crippen LogP) is 2.17. The smallest absolute Gasteiger partial charge is 0.316 e. The summed E-state index contributed by atoms with van der Waals surface area (Å²) in [5.41, 5.74) is 2.12. The summed E-state index contributed by atoms with van der Waals surface area (Å²) in [4.78, 5) is 8.28. The molecule has 0 atom stereocenters. The van der Waals surface area contributed by atoms with Crippen molar-refractivity contribution in [1.29, 1.82) is 0 Å². The highest BCUT2D eigenvalue weighted by Crippen LogP contribution is 2.28. The molecule has 0 saturated carbocycles. The van der Waals surface area contributed by atoms with Gasteiger partial charge >= 0.3 is 6.01 Å². The molecule has 0 spiro atoms. The number of rotatable bonds is 2. The lowest BCUT2D eigenvalue weighted by Gasteiger charge is -2.06. The first-order valence-corrected chi connectivity index (χ1v) is 4.89.